The lowest BCUT2D eigenvalue weighted by Crippen LogP contribution is -2.47. The van der Waals surface area contributed by atoms with Crippen LogP contribution in [0.3, 0.4) is 0 Å². The number of rotatable bonds is 3. The van der Waals surface area contributed by atoms with E-state index in [0.717, 1.165) is 19.5 Å². The lowest BCUT2D eigenvalue weighted by atomic mass is 9.83. The van der Waals surface area contributed by atoms with E-state index in [2.05, 4.69) is 24.5 Å². The Bertz CT molecular complexity index is 265. The summed E-state index contributed by atoms with van der Waals surface area (Å²) in [5.41, 5.74) is -0.178. The molecule has 0 radical (unpaired) electrons. The van der Waals surface area contributed by atoms with Crippen molar-refractivity contribution in [1.29, 1.82) is 0 Å². The van der Waals surface area contributed by atoms with Crippen LogP contribution in [0.15, 0.2) is 0 Å². The van der Waals surface area contributed by atoms with Crippen molar-refractivity contribution < 1.29 is 4.79 Å². The molecule has 0 aromatic carbocycles. The fraction of sp³-hybridized carbons (Fsp3) is 0.929. The van der Waals surface area contributed by atoms with Crippen LogP contribution in [0, 0.1) is 11.3 Å². The van der Waals surface area contributed by atoms with Gasteiger partial charge >= 0.3 is 0 Å². The zero-order valence-electron chi connectivity index (χ0n) is 11.2. The van der Waals surface area contributed by atoms with Gasteiger partial charge in [-0.25, -0.2) is 0 Å². The average Bonchev–Trinajstić information content (AvgIpc) is 2.78. The molecule has 0 bridgehead atoms. The summed E-state index contributed by atoms with van der Waals surface area (Å²) < 4.78 is 0. The highest BCUT2D eigenvalue weighted by Crippen LogP contribution is 2.28. The van der Waals surface area contributed by atoms with E-state index in [-0.39, 0.29) is 11.3 Å². The van der Waals surface area contributed by atoms with Gasteiger partial charge in [-0.15, -0.1) is 0 Å². The summed E-state index contributed by atoms with van der Waals surface area (Å²) in [6.07, 6.45) is 7.59. The number of amides is 1. The highest BCUT2D eigenvalue weighted by Gasteiger charge is 2.37. The molecule has 0 aromatic heterocycles. The van der Waals surface area contributed by atoms with Crippen molar-refractivity contribution in [3.05, 3.63) is 0 Å². The van der Waals surface area contributed by atoms with Gasteiger partial charge in [0, 0.05) is 12.6 Å². The Hall–Kier alpha value is -0.570. The molecule has 0 spiro atoms. The summed E-state index contributed by atoms with van der Waals surface area (Å²) in [6.45, 7) is 6.06. The van der Waals surface area contributed by atoms with E-state index >= 15 is 0 Å². The van der Waals surface area contributed by atoms with Gasteiger partial charge in [0.1, 0.15) is 0 Å². The van der Waals surface area contributed by atoms with Crippen molar-refractivity contribution in [2.45, 2.75) is 58.4 Å². The Morgan fingerprint density at radius 1 is 1.35 bits per heavy atom. The summed E-state index contributed by atoms with van der Waals surface area (Å²) in [7, 11) is 0. The fourth-order valence-electron chi connectivity index (χ4n) is 3.14. The number of hydrogen-bond acceptors (Lipinski definition) is 2. The number of nitrogens with one attached hydrogen (secondary N) is 2. The van der Waals surface area contributed by atoms with Crippen molar-refractivity contribution in [3.8, 4) is 0 Å². The van der Waals surface area contributed by atoms with Crippen LogP contribution in [0.5, 0.6) is 0 Å². The number of hydrogen-bond donors (Lipinski definition) is 2. The predicted molar refractivity (Wildman–Crippen MR) is 69.8 cm³/mol. The molecule has 2 fully saturated rings. The van der Waals surface area contributed by atoms with Gasteiger partial charge in [-0.2, -0.15) is 0 Å². The maximum Gasteiger partial charge on any atom is 0.227 e. The van der Waals surface area contributed by atoms with Gasteiger partial charge in [0.25, 0.3) is 0 Å². The third-order valence-electron chi connectivity index (χ3n) is 4.63. The van der Waals surface area contributed by atoms with Crippen LogP contribution in [0.2, 0.25) is 0 Å². The second-order valence-electron chi connectivity index (χ2n) is 6.15. The molecule has 1 aliphatic carbocycles. The van der Waals surface area contributed by atoms with E-state index in [1.54, 1.807) is 0 Å². The molecule has 98 valence electrons. The van der Waals surface area contributed by atoms with Gasteiger partial charge in [0.2, 0.25) is 5.91 Å². The summed E-state index contributed by atoms with van der Waals surface area (Å²) >= 11 is 0. The molecule has 1 unspecified atom stereocenters. The Kier molecular flexibility index (Phi) is 4.08. The zero-order valence-corrected chi connectivity index (χ0v) is 11.2. The van der Waals surface area contributed by atoms with Crippen molar-refractivity contribution >= 4 is 5.91 Å². The van der Waals surface area contributed by atoms with Crippen LogP contribution in [0.25, 0.3) is 0 Å². The molecule has 1 heterocycles. The SMILES string of the molecule is C[C@H](NC(=O)C1(C)CCNC1)C1CCCCC1. The summed E-state index contributed by atoms with van der Waals surface area (Å²) in [5.74, 6) is 0.950. The minimum absolute atomic E-state index is 0.178. The Morgan fingerprint density at radius 3 is 2.65 bits per heavy atom. The Morgan fingerprint density at radius 2 is 2.06 bits per heavy atom. The predicted octanol–water partition coefficient (Wildman–Crippen LogP) is 2.07. The average molecular weight is 238 g/mol. The first-order valence-corrected chi connectivity index (χ1v) is 7.13. The van der Waals surface area contributed by atoms with Crippen molar-refractivity contribution in [3.63, 3.8) is 0 Å². The molecule has 2 atom stereocenters. The van der Waals surface area contributed by atoms with Gasteiger partial charge in [-0.3, -0.25) is 4.79 Å². The summed E-state index contributed by atoms with van der Waals surface area (Å²) in [6, 6.07) is 0.347. The van der Waals surface area contributed by atoms with E-state index in [4.69, 9.17) is 0 Å². The normalized spacial score (nSPS) is 32.4. The smallest absolute Gasteiger partial charge is 0.227 e. The van der Waals surface area contributed by atoms with Crippen molar-refractivity contribution in [2.75, 3.05) is 13.1 Å². The molecule has 1 aliphatic heterocycles. The van der Waals surface area contributed by atoms with E-state index < -0.39 is 0 Å². The van der Waals surface area contributed by atoms with Gasteiger partial charge in [0.15, 0.2) is 0 Å². The van der Waals surface area contributed by atoms with Gasteiger partial charge in [-0.1, -0.05) is 19.3 Å². The maximum absolute atomic E-state index is 12.3. The molecule has 2 N–H and O–H groups in total. The zero-order chi connectivity index (χ0) is 12.3. The molecular weight excluding hydrogens is 212 g/mol. The second-order valence-corrected chi connectivity index (χ2v) is 6.15. The van der Waals surface area contributed by atoms with E-state index in [1.807, 2.05) is 0 Å². The third-order valence-corrected chi connectivity index (χ3v) is 4.63. The van der Waals surface area contributed by atoms with E-state index in [0.29, 0.717) is 12.0 Å². The topological polar surface area (TPSA) is 41.1 Å². The molecule has 1 amide bonds. The molecule has 1 saturated heterocycles. The molecule has 1 saturated carbocycles. The highest BCUT2D eigenvalue weighted by molar-refractivity contribution is 5.83. The monoisotopic (exact) mass is 238 g/mol. The van der Waals surface area contributed by atoms with E-state index in [1.165, 1.54) is 32.1 Å². The first-order valence-electron chi connectivity index (χ1n) is 7.13. The second kappa shape index (κ2) is 5.38. The van der Waals surface area contributed by atoms with Crippen LogP contribution in [-0.2, 0) is 4.79 Å². The molecule has 17 heavy (non-hydrogen) atoms. The lowest BCUT2D eigenvalue weighted by molar-refractivity contribution is -0.130. The van der Waals surface area contributed by atoms with Gasteiger partial charge < -0.3 is 10.6 Å². The highest BCUT2D eigenvalue weighted by atomic mass is 16.2. The first-order chi connectivity index (χ1) is 8.12. The quantitative estimate of drug-likeness (QED) is 0.790. The van der Waals surface area contributed by atoms with E-state index in [9.17, 15) is 4.79 Å². The summed E-state index contributed by atoms with van der Waals surface area (Å²) in [5, 5.41) is 6.54. The van der Waals surface area contributed by atoms with Gasteiger partial charge in [0.05, 0.1) is 5.41 Å². The molecular formula is C14H26N2O. The molecule has 3 heteroatoms. The molecule has 2 aliphatic rings. The van der Waals surface area contributed by atoms with Crippen molar-refractivity contribution in [1.82, 2.24) is 10.6 Å². The lowest BCUT2D eigenvalue weighted by Gasteiger charge is -2.31. The van der Waals surface area contributed by atoms with Gasteiger partial charge in [-0.05, 0) is 45.6 Å². The van der Waals surface area contributed by atoms with Crippen LogP contribution >= 0.6 is 0 Å². The maximum atomic E-state index is 12.3. The van der Waals surface area contributed by atoms with Crippen LogP contribution < -0.4 is 10.6 Å². The van der Waals surface area contributed by atoms with Crippen LogP contribution in [0.4, 0.5) is 0 Å². The summed E-state index contributed by atoms with van der Waals surface area (Å²) in [4.78, 5) is 12.3. The first kappa shape index (κ1) is 12.9. The Balaban J connectivity index is 1.84. The number of carbonyl (C=O) groups excluding carboxylic acids is 1. The van der Waals surface area contributed by atoms with Crippen LogP contribution in [-0.4, -0.2) is 25.0 Å². The molecule has 2 rings (SSSR count). The molecule has 0 aromatic rings. The fourth-order valence-corrected chi connectivity index (χ4v) is 3.14. The minimum Gasteiger partial charge on any atom is -0.353 e. The standard InChI is InChI=1S/C14H26N2O/c1-11(12-6-4-3-5-7-12)16-13(17)14(2)8-9-15-10-14/h11-12,15H,3-10H2,1-2H3,(H,16,17)/t11-,14?/m0/s1. The largest absolute Gasteiger partial charge is 0.353 e. The minimum atomic E-state index is -0.178. The number of carbonyl (C=O) groups is 1. The van der Waals surface area contributed by atoms with Crippen molar-refractivity contribution in [2.24, 2.45) is 11.3 Å². The third kappa shape index (κ3) is 3.01. The Labute approximate surface area is 105 Å². The van der Waals surface area contributed by atoms with Crippen LogP contribution in [0.1, 0.15) is 52.4 Å². The molecule has 3 nitrogen and oxygen atoms in total.